The highest BCUT2D eigenvalue weighted by atomic mass is 79.9. The van der Waals surface area contributed by atoms with Gasteiger partial charge < -0.3 is 15.2 Å². The summed E-state index contributed by atoms with van der Waals surface area (Å²) >= 11 is 3.31. The van der Waals surface area contributed by atoms with Crippen LogP contribution in [0.4, 0.5) is 0 Å². The summed E-state index contributed by atoms with van der Waals surface area (Å²) < 4.78 is 11.1. The lowest BCUT2D eigenvalue weighted by atomic mass is 10.2. The number of primary amides is 1. The van der Waals surface area contributed by atoms with E-state index in [1.165, 1.54) is 13.3 Å². The van der Waals surface area contributed by atoms with Crippen molar-refractivity contribution in [3.8, 4) is 11.5 Å². The van der Waals surface area contributed by atoms with Gasteiger partial charge in [-0.15, -0.1) is 0 Å². The normalized spacial score (nSPS) is 10.5. The van der Waals surface area contributed by atoms with Gasteiger partial charge in [0, 0.05) is 4.47 Å². The molecule has 7 nitrogen and oxygen atoms in total. The van der Waals surface area contributed by atoms with Crippen molar-refractivity contribution in [2.75, 3.05) is 13.7 Å². The van der Waals surface area contributed by atoms with Gasteiger partial charge in [-0.25, -0.2) is 5.43 Å². The molecule has 0 saturated heterocycles. The number of nitrogens with one attached hydrogen (secondary N) is 1. The molecule has 0 radical (unpaired) electrons. The highest BCUT2D eigenvalue weighted by molar-refractivity contribution is 9.10. The third-order valence-electron chi connectivity index (χ3n) is 3.06. The van der Waals surface area contributed by atoms with Gasteiger partial charge >= 0.3 is 0 Å². The molecule has 130 valence electrons. The Balaban J connectivity index is 2.04. The predicted molar refractivity (Wildman–Crippen MR) is 96.9 cm³/mol. The minimum Gasteiger partial charge on any atom is -0.493 e. The number of halogens is 1. The molecular formula is C17H16BrN3O4. The van der Waals surface area contributed by atoms with Crippen molar-refractivity contribution >= 4 is 34.0 Å². The van der Waals surface area contributed by atoms with Crippen LogP contribution >= 0.6 is 15.9 Å². The van der Waals surface area contributed by atoms with Crippen molar-refractivity contribution in [1.82, 2.24) is 5.43 Å². The van der Waals surface area contributed by atoms with E-state index >= 15 is 0 Å². The van der Waals surface area contributed by atoms with Gasteiger partial charge in [-0.05, 0) is 51.8 Å². The maximum Gasteiger partial charge on any atom is 0.272 e. The second kappa shape index (κ2) is 8.84. The first kappa shape index (κ1) is 18.5. The number of amides is 2. The van der Waals surface area contributed by atoms with E-state index in [4.69, 9.17) is 15.2 Å². The number of nitrogens with two attached hydrogens (primary N) is 1. The molecule has 0 unspecified atom stereocenters. The number of carbonyl (C=O) groups is 2. The fourth-order valence-corrected chi connectivity index (χ4v) is 2.37. The van der Waals surface area contributed by atoms with E-state index in [9.17, 15) is 9.59 Å². The zero-order valence-electron chi connectivity index (χ0n) is 13.4. The number of carbonyl (C=O) groups excluding carboxylic acids is 2. The van der Waals surface area contributed by atoms with Gasteiger partial charge in [0.05, 0.1) is 18.9 Å². The number of hydrazone groups is 1. The summed E-state index contributed by atoms with van der Waals surface area (Å²) in [4.78, 5) is 22.8. The summed E-state index contributed by atoms with van der Waals surface area (Å²) in [7, 11) is 1.47. The molecule has 0 atom stereocenters. The summed E-state index contributed by atoms with van der Waals surface area (Å²) in [5, 5.41) is 3.92. The van der Waals surface area contributed by atoms with Gasteiger partial charge in [0.15, 0.2) is 18.1 Å². The van der Waals surface area contributed by atoms with Gasteiger partial charge in [-0.1, -0.05) is 12.1 Å². The van der Waals surface area contributed by atoms with Crippen molar-refractivity contribution in [2.45, 2.75) is 0 Å². The Labute approximate surface area is 152 Å². The minimum atomic E-state index is -0.581. The van der Waals surface area contributed by atoms with Crippen LogP contribution in [0.25, 0.3) is 0 Å². The van der Waals surface area contributed by atoms with Gasteiger partial charge in [-0.3, -0.25) is 9.59 Å². The monoisotopic (exact) mass is 405 g/mol. The molecule has 0 fully saturated rings. The highest BCUT2D eigenvalue weighted by Gasteiger charge is 2.08. The average molecular weight is 406 g/mol. The van der Waals surface area contributed by atoms with E-state index in [0.717, 1.165) is 0 Å². The quantitative estimate of drug-likeness (QED) is 0.543. The minimum absolute atomic E-state index is 0.244. The lowest BCUT2D eigenvalue weighted by molar-refractivity contribution is -0.119. The van der Waals surface area contributed by atoms with Crippen LogP contribution in [0.3, 0.4) is 0 Å². The smallest absolute Gasteiger partial charge is 0.272 e. The molecule has 0 saturated carbocycles. The third kappa shape index (κ3) is 5.32. The average Bonchev–Trinajstić information content (AvgIpc) is 2.60. The van der Waals surface area contributed by atoms with Crippen molar-refractivity contribution in [3.63, 3.8) is 0 Å². The van der Waals surface area contributed by atoms with Crippen LogP contribution < -0.4 is 20.6 Å². The maximum atomic E-state index is 12.0. The summed E-state index contributed by atoms with van der Waals surface area (Å²) in [5.74, 6) is -0.113. The second-order valence-electron chi connectivity index (χ2n) is 4.84. The largest absolute Gasteiger partial charge is 0.493 e. The van der Waals surface area contributed by atoms with Crippen molar-refractivity contribution in [1.29, 1.82) is 0 Å². The van der Waals surface area contributed by atoms with Gasteiger partial charge in [-0.2, -0.15) is 5.10 Å². The van der Waals surface area contributed by atoms with Crippen LogP contribution in [0.5, 0.6) is 11.5 Å². The Hall–Kier alpha value is -2.87. The Morgan fingerprint density at radius 3 is 2.68 bits per heavy atom. The maximum absolute atomic E-state index is 12.0. The molecule has 0 aliphatic rings. The van der Waals surface area contributed by atoms with E-state index in [1.54, 1.807) is 36.4 Å². The standard InChI is InChI=1S/C17H16BrN3O4/c1-24-15-8-11(6-7-14(15)25-10-16(19)22)9-20-21-17(23)12-4-2-3-5-13(12)18/h2-9H,10H2,1H3,(H2,19,22)(H,21,23)/b20-9+. The van der Waals surface area contributed by atoms with Crippen LogP contribution in [0.1, 0.15) is 15.9 Å². The van der Waals surface area contributed by atoms with Crippen LogP contribution in [0.15, 0.2) is 52.0 Å². The molecule has 2 amide bonds. The van der Waals surface area contributed by atoms with Crippen molar-refractivity contribution in [3.05, 3.63) is 58.1 Å². The number of hydrogen-bond donors (Lipinski definition) is 2. The van der Waals surface area contributed by atoms with Gasteiger partial charge in [0.25, 0.3) is 11.8 Å². The van der Waals surface area contributed by atoms with Gasteiger partial charge in [0.1, 0.15) is 0 Å². The highest BCUT2D eigenvalue weighted by Crippen LogP contribution is 2.27. The van der Waals surface area contributed by atoms with Crippen LogP contribution in [-0.2, 0) is 4.79 Å². The molecule has 0 bridgehead atoms. The molecule has 3 N–H and O–H groups in total. The number of ether oxygens (including phenoxy) is 2. The fourth-order valence-electron chi connectivity index (χ4n) is 1.90. The van der Waals surface area contributed by atoms with Crippen LogP contribution in [-0.4, -0.2) is 31.7 Å². The molecule has 2 aromatic carbocycles. The molecule has 8 heteroatoms. The molecular weight excluding hydrogens is 390 g/mol. The molecule has 0 aliphatic carbocycles. The predicted octanol–water partition coefficient (Wildman–Crippen LogP) is 2.09. The molecule has 0 heterocycles. The molecule has 25 heavy (non-hydrogen) atoms. The summed E-state index contributed by atoms with van der Waals surface area (Å²) in [6.07, 6.45) is 1.47. The Kier molecular flexibility index (Phi) is 6.53. The molecule has 0 aliphatic heterocycles. The fraction of sp³-hybridized carbons (Fsp3) is 0.118. The first-order valence-corrected chi connectivity index (χ1v) is 7.97. The first-order valence-electron chi connectivity index (χ1n) is 7.18. The zero-order valence-corrected chi connectivity index (χ0v) is 14.9. The summed E-state index contributed by atoms with van der Waals surface area (Å²) in [5.41, 5.74) is 8.65. The summed E-state index contributed by atoms with van der Waals surface area (Å²) in [6.45, 7) is -0.244. The Bertz CT molecular complexity index is 808. The lowest BCUT2D eigenvalue weighted by Gasteiger charge is -2.09. The van der Waals surface area contributed by atoms with E-state index in [1.807, 2.05) is 6.07 Å². The number of benzene rings is 2. The SMILES string of the molecule is COc1cc(/C=N/NC(=O)c2ccccc2Br)ccc1OCC(N)=O. The molecule has 2 aromatic rings. The van der Waals surface area contributed by atoms with E-state index in [0.29, 0.717) is 27.1 Å². The van der Waals surface area contributed by atoms with E-state index in [2.05, 4.69) is 26.5 Å². The van der Waals surface area contributed by atoms with E-state index in [-0.39, 0.29) is 12.5 Å². The lowest BCUT2D eigenvalue weighted by Crippen LogP contribution is -2.20. The molecule has 0 aromatic heterocycles. The first-order chi connectivity index (χ1) is 12.0. The van der Waals surface area contributed by atoms with Crippen LogP contribution in [0, 0.1) is 0 Å². The molecule has 0 spiro atoms. The van der Waals surface area contributed by atoms with Crippen molar-refractivity contribution in [2.24, 2.45) is 10.8 Å². The zero-order chi connectivity index (χ0) is 18.2. The number of methoxy groups -OCH3 is 1. The van der Waals surface area contributed by atoms with E-state index < -0.39 is 5.91 Å². The Morgan fingerprint density at radius 1 is 1.24 bits per heavy atom. The Morgan fingerprint density at radius 2 is 2.00 bits per heavy atom. The van der Waals surface area contributed by atoms with Gasteiger partial charge in [0.2, 0.25) is 0 Å². The van der Waals surface area contributed by atoms with Crippen molar-refractivity contribution < 1.29 is 19.1 Å². The topological polar surface area (TPSA) is 103 Å². The summed E-state index contributed by atoms with van der Waals surface area (Å²) in [6, 6.07) is 12.0. The third-order valence-corrected chi connectivity index (χ3v) is 3.75. The number of rotatable bonds is 7. The second-order valence-corrected chi connectivity index (χ2v) is 5.70. The number of hydrogen-bond acceptors (Lipinski definition) is 5. The van der Waals surface area contributed by atoms with Crippen LogP contribution in [0.2, 0.25) is 0 Å². The molecule has 2 rings (SSSR count). The number of nitrogens with zero attached hydrogens (tertiary/aromatic N) is 1.